The maximum Gasteiger partial charge on any atom is 0.261 e. The summed E-state index contributed by atoms with van der Waals surface area (Å²) < 4.78 is 40.5. The number of carbonyl (C=O) groups excluding carboxylic acids is 1. The molecule has 1 amide bonds. The van der Waals surface area contributed by atoms with Gasteiger partial charge in [0.25, 0.3) is 15.9 Å². The zero-order valence-electron chi connectivity index (χ0n) is 14.8. The van der Waals surface area contributed by atoms with Crippen molar-refractivity contribution in [3.8, 4) is 0 Å². The molecular weight excluding hydrogens is 357 g/mol. The van der Waals surface area contributed by atoms with Gasteiger partial charge in [-0.3, -0.25) is 9.52 Å². The fourth-order valence-corrected chi connectivity index (χ4v) is 3.24. The lowest BCUT2D eigenvalue weighted by atomic mass is 10.1. The molecule has 2 aromatic carbocycles. The van der Waals surface area contributed by atoms with Crippen molar-refractivity contribution in [2.24, 2.45) is 5.73 Å². The molecule has 0 spiro atoms. The molecule has 0 heterocycles. The van der Waals surface area contributed by atoms with E-state index < -0.39 is 21.4 Å². The van der Waals surface area contributed by atoms with Crippen molar-refractivity contribution in [2.45, 2.75) is 31.2 Å². The van der Waals surface area contributed by atoms with Gasteiger partial charge in [0.1, 0.15) is 5.82 Å². The van der Waals surface area contributed by atoms with Crippen LogP contribution >= 0.6 is 0 Å². The summed E-state index contributed by atoms with van der Waals surface area (Å²) in [7, 11) is -3.85. The van der Waals surface area contributed by atoms with Crippen LogP contribution in [0.5, 0.6) is 0 Å². The number of carbonyl (C=O) groups is 1. The Morgan fingerprint density at radius 3 is 2.31 bits per heavy atom. The number of hydrogen-bond acceptors (Lipinski definition) is 4. The van der Waals surface area contributed by atoms with Gasteiger partial charge in [0.15, 0.2) is 0 Å². The highest BCUT2D eigenvalue weighted by molar-refractivity contribution is 7.92. The van der Waals surface area contributed by atoms with Gasteiger partial charge in [-0.1, -0.05) is 0 Å². The van der Waals surface area contributed by atoms with Crippen molar-refractivity contribution >= 4 is 21.6 Å². The molecule has 0 radical (unpaired) electrons. The molecule has 26 heavy (non-hydrogen) atoms. The minimum Gasteiger partial charge on any atom is -0.350 e. The largest absolute Gasteiger partial charge is 0.350 e. The number of hydrogen-bond donors (Lipinski definition) is 3. The number of amides is 1. The first-order valence-corrected chi connectivity index (χ1v) is 9.42. The molecule has 4 N–H and O–H groups in total. The second-order valence-corrected chi connectivity index (χ2v) is 8.45. The number of nitrogens with two attached hydrogens (primary N) is 1. The van der Waals surface area contributed by atoms with E-state index in [0.717, 1.165) is 6.07 Å². The average Bonchev–Trinajstić information content (AvgIpc) is 2.54. The first-order chi connectivity index (χ1) is 12.0. The summed E-state index contributed by atoms with van der Waals surface area (Å²) in [4.78, 5) is 12.0. The molecule has 0 fully saturated rings. The number of sulfonamides is 1. The quantitative estimate of drug-likeness (QED) is 0.717. The van der Waals surface area contributed by atoms with Gasteiger partial charge >= 0.3 is 0 Å². The van der Waals surface area contributed by atoms with Crippen LogP contribution in [0.25, 0.3) is 0 Å². The Labute approximate surface area is 152 Å². The SMILES string of the molecule is Cc1cc(S(=O)(=O)Nc2ccc(C(=O)NCC(C)(C)N)cc2)ccc1F. The van der Waals surface area contributed by atoms with E-state index in [1.165, 1.54) is 43.3 Å². The molecule has 0 unspecified atom stereocenters. The molecule has 2 aromatic rings. The van der Waals surface area contributed by atoms with Crippen LogP contribution in [0.1, 0.15) is 29.8 Å². The van der Waals surface area contributed by atoms with E-state index in [-0.39, 0.29) is 16.4 Å². The van der Waals surface area contributed by atoms with E-state index in [4.69, 9.17) is 5.73 Å². The van der Waals surface area contributed by atoms with Gasteiger partial charge in [-0.25, -0.2) is 12.8 Å². The minimum absolute atomic E-state index is 0.0385. The van der Waals surface area contributed by atoms with Gasteiger partial charge in [-0.2, -0.15) is 0 Å². The molecule has 0 atom stereocenters. The number of anilines is 1. The fraction of sp³-hybridized carbons (Fsp3) is 0.278. The summed E-state index contributed by atoms with van der Waals surface area (Å²) in [5.74, 6) is -0.771. The molecule has 0 bridgehead atoms. The number of rotatable bonds is 6. The second kappa shape index (κ2) is 7.43. The standard InChI is InChI=1S/C18H22FN3O3S/c1-12-10-15(8-9-16(12)19)26(24,25)22-14-6-4-13(5-7-14)17(23)21-11-18(2,3)20/h4-10,22H,11,20H2,1-3H3,(H,21,23). The first kappa shape index (κ1) is 19.9. The Bertz CT molecular complexity index is 904. The molecule has 140 valence electrons. The summed E-state index contributed by atoms with van der Waals surface area (Å²) in [5.41, 5.74) is 6.20. The molecule has 0 aromatic heterocycles. The summed E-state index contributed by atoms with van der Waals surface area (Å²) >= 11 is 0. The van der Waals surface area contributed by atoms with Crippen LogP contribution < -0.4 is 15.8 Å². The third-order valence-electron chi connectivity index (χ3n) is 3.54. The van der Waals surface area contributed by atoms with Crippen LogP contribution in [0, 0.1) is 12.7 Å². The van der Waals surface area contributed by atoms with Gasteiger partial charge < -0.3 is 11.1 Å². The molecule has 6 nitrogen and oxygen atoms in total. The lowest BCUT2D eigenvalue weighted by molar-refractivity contribution is 0.0946. The lowest BCUT2D eigenvalue weighted by Crippen LogP contribution is -2.45. The van der Waals surface area contributed by atoms with Crippen LogP contribution in [0.15, 0.2) is 47.4 Å². The van der Waals surface area contributed by atoms with Crippen LogP contribution in [0.3, 0.4) is 0 Å². The molecule has 0 aliphatic heterocycles. The van der Waals surface area contributed by atoms with Gasteiger partial charge in [0.05, 0.1) is 4.90 Å². The summed E-state index contributed by atoms with van der Waals surface area (Å²) in [6, 6.07) is 9.54. The monoisotopic (exact) mass is 379 g/mol. The number of nitrogens with one attached hydrogen (secondary N) is 2. The van der Waals surface area contributed by atoms with E-state index >= 15 is 0 Å². The predicted octanol–water partition coefficient (Wildman–Crippen LogP) is 2.40. The molecule has 8 heteroatoms. The third-order valence-corrected chi connectivity index (χ3v) is 4.92. The zero-order valence-corrected chi connectivity index (χ0v) is 15.7. The van der Waals surface area contributed by atoms with E-state index in [1.807, 2.05) is 0 Å². The van der Waals surface area contributed by atoms with Gasteiger partial charge in [-0.05, 0) is 68.8 Å². The van der Waals surface area contributed by atoms with Crippen LogP contribution in [-0.2, 0) is 10.0 Å². The topological polar surface area (TPSA) is 101 Å². The zero-order chi connectivity index (χ0) is 19.5. The smallest absolute Gasteiger partial charge is 0.261 e. The molecular formula is C18H22FN3O3S. The number of benzene rings is 2. The summed E-state index contributed by atoms with van der Waals surface area (Å²) in [5, 5.41) is 2.71. The fourth-order valence-electron chi connectivity index (χ4n) is 2.10. The average molecular weight is 379 g/mol. The predicted molar refractivity (Wildman–Crippen MR) is 99.0 cm³/mol. The third kappa shape index (κ3) is 5.27. The van der Waals surface area contributed by atoms with Gasteiger partial charge in [0, 0.05) is 23.3 Å². The highest BCUT2D eigenvalue weighted by Gasteiger charge is 2.16. The first-order valence-electron chi connectivity index (χ1n) is 7.94. The molecule has 0 saturated carbocycles. The molecule has 0 saturated heterocycles. The Kier molecular flexibility index (Phi) is 5.68. The van der Waals surface area contributed by atoms with Crippen molar-refractivity contribution in [3.63, 3.8) is 0 Å². The van der Waals surface area contributed by atoms with Crippen molar-refractivity contribution in [1.82, 2.24) is 5.32 Å². The Hall–Kier alpha value is -2.45. The van der Waals surface area contributed by atoms with E-state index in [0.29, 0.717) is 17.8 Å². The van der Waals surface area contributed by atoms with Crippen LogP contribution in [0.2, 0.25) is 0 Å². The van der Waals surface area contributed by atoms with Crippen LogP contribution in [0.4, 0.5) is 10.1 Å². The maximum absolute atomic E-state index is 13.3. The Balaban J connectivity index is 2.10. The van der Waals surface area contributed by atoms with Crippen molar-refractivity contribution in [1.29, 1.82) is 0 Å². The number of aryl methyl sites for hydroxylation is 1. The lowest BCUT2D eigenvalue weighted by Gasteiger charge is -2.18. The second-order valence-electron chi connectivity index (χ2n) is 6.77. The van der Waals surface area contributed by atoms with Gasteiger partial charge in [-0.15, -0.1) is 0 Å². The van der Waals surface area contributed by atoms with Crippen molar-refractivity contribution < 1.29 is 17.6 Å². The van der Waals surface area contributed by atoms with E-state index in [2.05, 4.69) is 10.0 Å². The van der Waals surface area contributed by atoms with Gasteiger partial charge in [0.2, 0.25) is 0 Å². The summed E-state index contributed by atoms with van der Waals surface area (Å²) in [6.45, 7) is 5.39. The van der Waals surface area contributed by atoms with Crippen molar-refractivity contribution in [2.75, 3.05) is 11.3 Å². The normalized spacial score (nSPS) is 11.9. The Morgan fingerprint density at radius 2 is 1.77 bits per heavy atom. The highest BCUT2D eigenvalue weighted by atomic mass is 32.2. The highest BCUT2D eigenvalue weighted by Crippen LogP contribution is 2.19. The van der Waals surface area contributed by atoms with E-state index in [9.17, 15) is 17.6 Å². The molecule has 0 aliphatic rings. The Morgan fingerprint density at radius 1 is 1.15 bits per heavy atom. The molecule has 2 rings (SSSR count). The maximum atomic E-state index is 13.3. The molecule has 0 aliphatic carbocycles. The van der Waals surface area contributed by atoms with Crippen molar-refractivity contribution in [3.05, 3.63) is 59.4 Å². The minimum atomic E-state index is -3.85. The summed E-state index contributed by atoms with van der Waals surface area (Å²) in [6.07, 6.45) is 0. The van der Waals surface area contributed by atoms with Crippen LogP contribution in [-0.4, -0.2) is 26.4 Å². The number of halogens is 1. The van der Waals surface area contributed by atoms with E-state index in [1.54, 1.807) is 13.8 Å².